The van der Waals surface area contributed by atoms with Crippen LogP contribution in [0.3, 0.4) is 0 Å². The van der Waals surface area contributed by atoms with Crippen molar-refractivity contribution in [2.24, 2.45) is 17.8 Å². The highest BCUT2D eigenvalue weighted by molar-refractivity contribution is 5.66. The van der Waals surface area contributed by atoms with E-state index in [-0.39, 0.29) is 17.0 Å². The maximum atomic E-state index is 14.9. The van der Waals surface area contributed by atoms with E-state index in [1.807, 2.05) is 0 Å². The summed E-state index contributed by atoms with van der Waals surface area (Å²) in [7, 11) is 0. The van der Waals surface area contributed by atoms with Crippen molar-refractivity contribution in [3.8, 4) is 11.1 Å². The van der Waals surface area contributed by atoms with Gasteiger partial charge in [0, 0.05) is 0 Å². The van der Waals surface area contributed by atoms with Crippen LogP contribution < -0.4 is 0 Å². The number of benzene rings is 2. The van der Waals surface area contributed by atoms with Gasteiger partial charge in [0.15, 0.2) is 0 Å². The van der Waals surface area contributed by atoms with Crippen LogP contribution in [0.4, 0.5) is 22.0 Å². The van der Waals surface area contributed by atoms with E-state index in [0.29, 0.717) is 11.5 Å². The Balaban J connectivity index is 1.50. The highest BCUT2D eigenvalue weighted by Gasteiger charge is 2.36. The summed E-state index contributed by atoms with van der Waals surface area (Å²) < 4.78 is 68.1. The SMILES string of the molecule is CCCC1CCC2CC(c3cc(F)c(-c4ccc(C(F)(F)F)cc4)c(F)c3)CCC2C1. The summed E-state index contributed by atoms with van der Waals surface area (Å²) >= 11 is 0. The lowest BCUT2D eigenvalue weighted by Crippen LogP contribution is -2.30. The zero-order chi connectivity index (χ0) is 22.2. The lowest BCUT2D eigenvalue weighted by molar-refractivity contribution is -0.137. The molecule has 2 aliphatic rings. The normalized spacial score (nSPS) is 26.5. The molecule has 0 spiro atoms. The van der Waals surface area contributed by atoms with Gasteiger partial charge in [0.1, 0.15) is 11.6 Å². The quantitative estimate of drug-likeness (QED) is 0.420. The molecule has 4 unspecified atom stereocenters. The van der Waals surface area contributed by atoms with Gasteiger partial charge in [-0.2, -0.15) is 13.2 Å². The molecule has 0 saturated heterocycles. The minimum absolute atomic E-state index is 0.118. The molecule has 0 amide bonds. The van der Waals surface area contributed by atoms with Gasteiger partial charge in [-0.05, 0) is 91.2 Å². The van der Waals surface area contributed by atoms with E-state index in [0.717, 1.165) is 55.4 Å². The van der Waals surface area contributed by atoms with Gasteiger partial charge >= 0.3 is 6.18 Å². The van der Waals surface area contributed by atoms with Crippen LogP contribution in [0.25, 0.3) is 11.1 Å². The molecule has 4 rings (SSSR count). The molecule has 0 N–H and O–H groups in total. The predicted octanol–water partition coefficient (Wildman–Crippen LogP) is 8.75. The molecule has 0 heterocycles. The maximum Gasteiger partial charge on any atom is 0.416 e. The van der Waals surface area contributed by atoms with Gasteiger partial charge in [-0.15, -0.1) is 0 Å². The van der Waals surface area contributed by atoms with Crippen molar-refractivity contribution < 1.29 is 22.0 Å². The zero-order valence-electron chi connectivity index (χ0n) is 17.8. The molecule has 4 atom stereocenters. The van der Waals surface area contributed by atoms with Crippen molar-refractivity contribution in [3.63, 3.8) is 0 Å². The third-order valence-electron chi connectivity index (χ3n) is 7.46. The highest BCUT2D eigenvalue weighted by atomic mass is 19.4. The van der Waals surface area contributed by atoms with E-state index in [1.165, 1.54) is 44.2 Å². The van der Waals surface area contributed by atoms with Gasteiger partial charge < -0.3 is 0 Å². The van der Waals surface area contributed by atoms with E-state index in [9.17, 15) is 22.0 Å². The number of rotatable bonds is 4. The van der Waals surface area contributed by atoms with Gasteiger partial charge in [-0.25, -0.2) is 8.78 Å². The Labute approximate surface area is 180 Å². The van der Waals surface area contributed by atoms with Crippen molar-refractivity contribution in [2.45, 2.75) is 70.4 Å². The van der Waals surface area contributed by atoms with Crippen molar-refractivity contribution in [3.05, 3.63) is 59.2 Å². The summed E-state index contributed by atoms with van der Waals surface area (Å²) in [6.45, 7) is 2.24. The molecule has 0 nitrogen and oxygen atoms in total. The van der Waals surface area contributed by atoms with Crippen LogP contribution in [-0.2, 0) is 6.18 Å². The van der Waals surface area contributed by atoms with Crippen LogP contribution >= 0.6 is 0 Å². The molecule has 0 aromatic heterocycles. The number of alkyl halides is 3. The molecule has 31 heavy (non-hydrogen) atoms. The van der Waals surface area contributed by atoms with E-state index < -0.39 is 23.4 Å². The number of hydrogen-bond donors (Lipinski definition) is 0. The van der Waals surface area contributed by atoms with Gasteiger partial charge in [0.25, 0.3) is 0 Å². The number of fused-ring (bicyclic) bond motifs is 1. The summed E-state index contributed by atoms with van der Waals surface area (Å²) in [5, 5.41) is 0. The van der Waals surface area contributed by atoms with Crippen molar-refractivity contribution in [2.75, 3.05) is 0 Å². The smallest absolute Gasteiger partial charge is 0.206 e. The topological polar surface area (TPSA) is 0 Å². The molecule has 2 fully saturated rings. The Morgan fingerprint density at radius 1 is 0.839 bits per heavy atom. The molecule has 0 radical (unpaired) electrons. The zero-order valence-corrected chi connectivity index (χ0v) is 17.8. The molecule has 2 aromatic carbocycles. The molecular weight excluding hydrogens is 407 g/mol. The standard InChI is InChI=1S/C26H29F5/c1-2-3-16-4-5-19-13-20(7-6-18(19)12-16)21-14-23(27)25(24(28)15-21)17-8-10-22(11-9-17)26(29,30)31/h8-11,14-16,18-20H,2-7,12-13H2,1H3. The Morgan fingerprint density at radius 2 is 1.45 bits per heavy atom. The van der Waals surface area contributed by atoms with Crippen LogP contribution in [0.1, 0.15) is 75.3 Å². The third-order valence-corrected chi connectivity index (χ3v) is 7.46. The fraction of sp³-hybridized carbons (Fsp3) is 0.538. The van der Waals surface area contributed by atoms with Gasteiger partial charge in [-0.1, -0.05) is 38.3 Å². The first-order valence-corrected chi connectivity index (χ1v) is 11.4. The minimum atomic E-state index is -4.48. The molecule has 168 valence electrons. The first kappa shape index (κ1) is 22.3. The lowest BCUT2D eigenvalue weighted by atomic mass is 9.63. The van der Waals surface area contributed by atoms with Gasteiger partial charge in [-0.3, -0.25) is 0 Å². The van der Waals surface area contributed by atoms with Crippen LogP contribution in [0.2, 0.25) is 0 Å². The Bertz CT molecular complexity index is 876. The first-order valence-electron chi connectivity index (χ1n) is 11.4. The average molecular weight is 437 g/mol. The molecule has 0 aliphatic heterocycles. The molecular formula is C26H29F5. The van der Waals surface area contributed by atoms with E-state index in [1.54, 1.807) is 0 Å². The molecule has 2 aromatic rings. The first-order chi connectivity index (χ1) is 14.8. The van der Waals surface area contributed by atoms with E-state index in [4.69, 9.17) is 0 Å². The second-order valence-corrected chi connectivity index (χ2v) is 9.43. The van der Waals surface area contributed by atoms with Crippen LogP contribution in [-0.4, -0.2) is 0 Å². The summed E-state index contributed by atoms with van der Waals surface area (Å²) in [4.78, 5) is 0. The maximum absolute atomic E-state index is 14.9. The summed E-state index contributed by atoms with van der Waals surface area (Å²) in [5.41, 5.74) is -0.294. The summed E-state index contributed by atoms with van der Waals surface area (Å²) in [6.07, 6.45) is 4.84. The van der Waals surface area contributed by atoms with Gasteiger partial charge in [0.2, 0.25) is 0 Å². The highest BCUT2D eigenvalue weighted by Crippen LogP contribution is 2.48. The van der Waals surface area contributed by atoms with Crippen molar-refractivity contribution in [1.82, 2.24) is 0 Å². The number of halogens is 5. The number of hydrogen-bond acceptors (Lipinski definition) is 0. The summed E-state index contributed by atoms with van der Waals surface area (Å²) in [6, 6.07) is 6.76. The fourth-order valence-electron chi connectivity index (χ4n) is 5.89. The second-order valence-electron chi connectivity index (χ2n) is 9.43. The Kier molecular flexibility index (Phi) is 6.41. The monoisotopic (exact) mass is 436 g/mol. The molecule has 2 saturated carbocycles. The van der Waals surface area contributed by atoms with Crippen molar-refractivity contribution in [1.29, 1.82) is 0 Å². The molecule has 2 aliphatic carbocycles. The van der Waals surface area contributed by atoms with E-state index in [2.05, 4.69) is 6.92 Å². The largest absolute Gasteiger partial charge is 0.416 e. The molecule has 0 bridgehead atoms. The van der Waals surface area contributed by atoms with E-state index >= 15 is 0 Å². The lowest BCUT2D eigenvalue weighted by Gasteiger charge is -2.42. The van der Waals surface area contributed by atoms with Crippen LogP contribution in [0.15, 0.2) is 36.4 Å². The van der Waals surface area contributed by atoms with Crippen LogP contribution in [0, 0.1) is 29.4 Å². The minimum Gasteiger partial charge on any atom is -0.206 e. The van der Waals surface area contributed by atoms with Crippen molar-refractivity contribution >= 4 is 0 Å². The predicted molar refractivity (Wildman–Crippen MR) is 113 cm³/mol. The third kappa shape index (κ3) is 4.80. The average Bonchev–Trinajstić information content (AvgIpc) is 2.73. The summed E-state index contributed by atoms with van der Waals surface area (Å²) in [5.74, 6) is 0.942. The molecule has 5 heteroatoms. The Morgan fingerprint density at radius 3 is 2.06 bits per heavy atom. The Hall–Kier alpha value is -1.91. The van der Waals surface area contributed by atoms with Crippen LogP contribution in [0.5, 0.6) is 0 Å². The fourth-order valence-corrected chi connectivity index (χ4v) is 5.89. The second kappa shape index (κ2) is 8.91. The van der Waals surface area contributed by atoms with Gasteiger partial charge in [0.05, 0.1) is 11.1 Å².